The lowest BCUT2D eigenvalue weighted by molar-refractivity contribution is -0.121. The van der Waals surface area contributed by atoms with Gasteiger partial charge in [0.15, 0.2) is 0 Å². The number of nitrogens with two attached hydrogens (primary N) is 1. The molecule has 0 spiro atoms. The molecule has 6 heteroatoms. The second kappa shape index (κ2) is 8.64. The van der Waals surface area contributed by atoms with Gasteiger partial charge in [0.05, 0.1) is 0 Å². The lowest BCUT2D eigenvalue weighted by Gasteiger charge is -2.09. The average molecular weight is 312 g/mol. The number of carbonyl (C=O) groups is 2. The first-order valence-electron chi connectivity index (χ1n) is 6.95. The number of amides is 2. The van der Waals surface area contributed by atoms with E-state index in [0.717, 1.165) is 5.56 Å². The van der Waals surface area contributed by atoms with Crippen molar-refractivity contribution < 1.29 is 9.59 Å². The van der Waals surface area contributed by atoms with Crippen LogP contribution in [0.1, 0.15) is 36.2 Å². The molecule has 4 N–H and O–H groups in total. The smallest absolute Gasteiger partial charge is 0.248 e. The normalized spacial score (nSPS) is 10.7. The molecule has 0 heterocycles. The Bertz CT molecular complexity index is 504. The van der Waals surface area contributed by atoms with E-state index in [1.54, 1.807) is 18.2 Å². The predicted octanol–water partition coefficient (Wildman–Crippen LogP) is 1.69. The summed E-state index contributed by atoms with van der Waals surface area (Å²) in [5, 5.41) is 6.49. The van der Waals surface area contributed by atoms with Gasteiger partial charge in [0, 0.05) is 36.6 Å². The molecule has 5 nitrogen and oxygen atoms in total. The van der Waals surface area contributed by atoms with E-state index < -0.39 is 5.91 Å². The average Bonchev–Trinajstić information content (AvgIpc) is 2.42. The van der Waals surface area contributed by atoms with Gasteiger partial charge >= 0.3 is 0 Å². The highest BCUT2D eigenvalue weighted by Gasteiger charge is 2.06. The van der Waals surface area contributed by atoms with Crippen LogP contribution < -0.4 is 16.4 Å². The van der Waals surface area contributed by atoms with Crippen molar-refractivity contribution in [3.8, 4) is 0 Å². The molecule has 0 aromatic heterocycles. The quantitative estimate of drug-likeness (QED) is 0.639. The second-order valence-electron chi connectivity index (χ2n) is 5.30. The zero-order valence-electron chi connectivity index (χ0n) is 12.4. The van der Waals surface area contributed by atoms with Gasteiger partial charge in [-0.3, -0.25) is 9.59 Å². The Balaban J connectivity index is 2.33. The lowest BCUT2D eigenvalue weighted by atomic mass is 10.1. The maximum absolute atomic E-state index is 11.5. The Morgan fingerprint density at radius 3 is 2.62 bits per heavy atom. The molecule has 0 fully saturated rings. The molecule has 0 aliphatic carbocycles. The number of rotatable bonds is 8. The van der Waals surface area contributed by atoms with Gasteiger partial charge in [0.1, 0.15) is 0 Å². The minimum absolute atomic E-state index is 0.0337. The summed E-state index contributed by atoms with van der Waals surface area (Å²) in [7, 11) is 0. The largest absolute Gasteiger partial charge is 0.366 e. The van der Waals surface area contributed by atoms with Crippen LogP contribution in [-0.4, -0.2) is 24.9 Å². The molecule has 0 aliphatic heterocycles. The van der Waals surface area contributed by atoms with Gasteiger partial charge in [-0.1, -0.05) is 31.5 Å². The fourth-order valence-corrected chi connectivity index (χ4v) is 1.92. The third kappa shape index (κ3) is 6.60. The highest BCUT2D eigenvalue weighted by atomic mass is 35.5. The zero-order valence-corrected chi connectivity index (χ0v) is 13.2. The van der Waals surface area contributed by atoms with Gasteiger partial charge in [0.2, 0.25) is 11.8 Å². The van der Waals surface area contributed by atoms with E-state index in [-0.39, 0.29) is 5.91 Å². The Labute approximate surface area is 130 Å². The van der Waals surface area contributed by atoms with Crippen molar-refractivity contribution in [1.29, 1.82) is 0 Å². The van der Waals surface area contributed by atoms with E-state index in [4.69, 9.17) is 17.3 Å². The minimum atomic E-state index is -0.502. The first kappa shape index (κ1) is 17.5. The van der Waals surface area contributed by atoms with Crippen LogP contribution in [0.15, 0.2) is 18.2 Å². The van der Waals surface area contributed by atoms with Crippen molar-refractivity contribution in [2.75, 3.05) is 13.1 Å². The number of halogens is 1. The van der Waals surface area contributed by atoms with Crippen molar-refractivity contribution in [3.63, 3.8) is 0 Å². The summed E-state index contributed by atoms with van der Waals surface area (Å²) < 4.78 is 0. The van der Waals surface area contributed by atoms with Crippen molar-refractivity contribution in [1.82, 2.24) is 10.6 Å². The number of carbonyl (C=O) groups excluding carboxylic acids is 2. The van der Waals surface area contributed by atoms with Gasteiger partial charge in [-0.2, -0.15) is 0 Å². The first-order chi connectivity index (χ1) is 9.90. The van der Waals surface area contributed by atoms with Gasteiger partial charge in [-0.15, -0.1) is 0 Å². The molecule has 0 unspecified atom stereocenters. The van der Waals surface area contributed by atoms with Crippen LogP contribution in [0.3, 0.4) is 0 Å². The molecule has 116 valence electrons. The summed E-state index contributed by atoms with van der Waals surface area (Å²) in [5.74, 6) is -0.0194. The third-order valence-electron chi connectivity index (χ3n) is 2.89. The minimum Gasteiger partial charge on any atom is -0.366 e. The van der Waals surface area contributed by atoms with Gasteiger partial charge in [-0.05, 0) is 23.6 Å². The Morgan fingerprint density at radius 1 is 1.33 bits per heavy atom. The van der Waals surface area contributed by atoms with Crippen LogP contribution in [-0.2, 0) is 11.3 Å². The zero-order chi connectivity index (χ0) is 15.8. The topological polar surface area (TPSA) is 84.2 Å². The molecule has 0 aliphatic rings. The molecule has 0 saturated carbocycles. The van der Waals surface area contributed by atoms with E-state index in [0.29, 0.717) is 42.6 Å². The third-order valence-corrected chi connectivity index (χ3v) is 3.24. The SMILES string of the molecule is CC(C)CNC(=O)CCNCc1ccc(C(N)=O)cc1Cl. The van der Waals surface area contributed by atoms with Crippen LogP contribution in [0, 0.1) is 5.92 Å². The molecule has 21 heavy (non-hydrogen) atoms. The Morgan fingerprint density at radius 2 is 2.05 bits per heavy atom. The van der Waals surface area contributed by atoms with Crippen LogP contribution >= 0.6 is 11.6 Å². The Kier molecular flexibility index (Phi) is 7.19. The van der Waals surface area contributed by atoms with Gasteiger partial charge in [0.25, 0.3) is 0 Å². The number of benzene rings is 1. The molecule has 2 amide bonds. The van der Waals surface area contributed by atoms with E-state index in [1.807, 2.05) is 0 Å². The molecular weight excluding hydrogens is 290 g/mol. The number of hydrogen-bond donors (Lipinski definition) is 3. The summed E-state index contributed by atoms with van der Waals surface area (Å²) in [6.07, 6.45) is 0.420. The standard InChI is InChI=1S/C15H22ClN3O2/c1-10(2)8-19-14(20)5-6-18-9-12-4-3-11(15(17)21)7-13(12)16/h3-4,7,10,18H,5-6,8-9H2,1-2H3,(H2,17,21)(H,19,20). The van der Waals surface area contributed by atoms with E-state index in [1.165, 1.54) is 0 Å². The van der Waals surface area contributed by atoms with Crippen molar-refractivity contribution in [3.05, 3.63) is 34.3 Å². The number of nitrogens with one attached hydrogen (secondary N) is 2. The van der Waals surface area contributed by atoms with Crippen LogP contribution in [0.5, 0.6) is 0 Å². The van der Waals surface area contributed by atoms with Crippen LogP contribution in [0.25, 0.3) is 0 Å². The van der Waals surface area contributed by atoms with Crippen molar-refractivity contribution in [2.45, 2.75) is 26.8 Å². The van der Waals surface area contributed by atoms with Crippen LogP contribution in [0.4, 0.5) is 0 Å². The number of primary amides is 1. The highest BCUT2D eigenvalue weighted by Crippen LogP contribution is 2.17. The van der Waals surface area contributed by atoms with E-state index in [9.17, 15) is 9.59 Å². The Hall–Kier alpha value is -1.59. The van der Waals surface area contributed by atoms with Crippen molar-refractivity contribution >= 4 is 23.4 Å². The molecular formula is C15H22ClN3O2. The second-order valence-corrected chi connectivity index (χ2v) is 5.70. The maximum atomic E-state index is 11.5. The summed E-state index contributed by atoms with van der Waals surface area (Å²) >= 11 is 6.07. The first-order valence-corrected chi connectivity index (χ1v) is 7.33. The summed E-state index contributed by atoms with van der Waals surface area (Å²) in [5.41, 5.74) is 6.43. The van der Waals surface area contributed by atoms with E-state index in [2.05, 4.69) is 24.5 Å². The monoisotopic (exact) mass is 311 g/mol. The summed E-state index contributed by atoms with van der Waals surface area (Å²) in [6.45, 7) is 5.90. The molecule has 0 radical (unpaired) electrons. The van der Waals surface area contributed by atoms with E-state index >= 15 is 0 Å². The fraction of sp³-hybridized carbons (Fsp3) is 0.467. The van der Waals surface area contributed by atoms with Gasteiger partial charge in [-0.25, -0.2) is 0 Å². The molecule has 1 aromatic carbocycles. The molecule has 1 rings (SSSR count). The lowest BCUT2D eigenvalue weighted by Crippen LogP contribution is -2.30. The molecule has 0 bridgehead atoms. The number of hydrogen-bond acceptors (Lipinski definition) is 3. The summed E-state index contributed by atoms with van der Waals surface area (Å²) in [4.78, 5) is 22.5. The predicted molar refractivity (Wildman–Crippen MR) is 84.1 cm³/mol. The molecule has 0 saturated heterocycles. The van der Waals surface area contributed by atoms with Gasteiger partial charge < -0.3 is 16.4 Å². The van der Waals surface area contributed by atoms with Crippen LogP contribution in [0.2, 0.25) is 5.02 Å². The van der Waals surface area contributed by atoms with Crippen molar-refractivity contribution in [2.24, 2.45) is 11.7 Å². The molecule has 1 aromatic rings. The fourth-order valence-electron chi connectivity index (χ4n) is 1.68. The molecule has 0 atom stereocenters. The summed E-state index contributed by atoms with van der Waals surface area (Å²) in [6, 6.07) is 4.95. The highest BCUT2D eigenvalue weighted by molar-refractivity contribution is 6.31. The maximum Gasteiger partial charge on any atom is 0.248 e.